The van der Waals surface area contributed by atoms with Gasteiger partial charge in [-0.05, 0) is 37.1 Å². The molecule has 1 aliphatic carbocycles. The quantitative estimate of drug-likeness (QED) is 0.665. The Morgan fingerprint density at radius 3 is 2.75 bits per heavy atom. The molecule has 7 nitrogen and oxygen atoms in total. The Morgan fingerprint density at radius 2 is 1.93 bits per heavy atom. The number of ether oxygens (including phenoxy) is 1. The third kappa shape index (κ3) is 3.69. The number of nitrogens with one attached hydrogen (secondary N) is 2. The smallest absolute Gasteiger partial charge is 0.260 e. The zero-order valence-corrected chi connectivity index (χ0v) is 15.8. The van der Waals surface area contributed by atoms with Gasteiger partial charge in [0.05, 0.1) is 30.6 Å². The molecule has 3 aromatic rings. The van der Waals surface area contributed by atoms with Crippen molar-refractivity contribution in [2.24, 2.45) is 0 Å². The summed E-state index contributed by atoms with van der Waals surface area (Å²) in [6.45, 7) is 0. The lowest BCUT2D eigenvalue weighted by Gasteiger charge is -2.16. The van der Waals surface area contributed by atoms with Crippen LogP contribution >= 0.6 is 0 Å². The lowest BCUT2D eigenvalue weighted by Crippen LogP contribution is -2.19. The Balaban J connectivity index is 1.57. The summed E-state index contributed by atoms with van der Waals surface area (Å²) in [5.74, 6) is 1.63. The van der Waals surface area contributed by atoms with Crippen molar-refractivity contribution in [1.82, 2.24) is 14.8 Å². The van der Waals surface area contributed by atoms with E-state index in [-0.39, 0.29) is 5.91 Å². The van der Waals surface area contributed by atoms with Gasteiger partial charge in [-0.15, -0.1) is 0 Å². The predicted molar refractivity (Wildman–Crippen MR) is 108 cm³/mol. The highest BCUT2D eigenvalue weighted by atomic mass is 16.5. The second-order valence-electron chi connectivity index (χ2n) is 6.78. The highest BCUT2D eigenvalue weighted by Crippen LogP contribution is 2.32. The molecular formula is C21H23N5O2. The van der Waals surface area contributed by atoms with E-state index in [1.54, 1.807) is 31.6 Å². The Morgan fingerprint density at radius 1 is 1.11 bits per heavy atom. The summed E-state index contributed by atoms with van der Waals surface area (Å²) in [5, 5.41) is 10.6. The highest BCUT2D eigenvalue weighted by Gasteiger charge is 2.21. The number of rotatable bonds is 6. The molecule has 0 unspecified atom stereocenters. The minimum Gasteiger partial charge on any atom is -0.495 e. The summed E-state index contributed by atoms with van der Waals surface area (Å²) in [6, 6.07) is 13.2. The number of methoxy groups -OCH3 is 1. The highest BCUT2D eigenvalue weighted by molar-refractivity contribution is 6.07. The largest absolute Gasteiger partial charge is 0.495 e. The molecule has 2 aromatic heterocycles. The molecule has 0 atom stereocenters. The Bertz CT molecular complexity index is 963. The SMILES string of the molecule is COc1ccccc1Nc1ncccc1C(=O)Nc1ccnn1C1CCCC1. The Hall–Kier alpha value is -3.35. The topological polar surface area (TPSA) is 81.1 Å². The summed E-state index contributed by atoms with van der Waals surface area (Å²) in [5.41, 5.74) is 1.20. The van der Waals surface area contributed by atoms with Crippen molar-refractivity contribution in [2.75, 3.05) is 17.7 Å². The molecule has 0 saturated heterocycles. The fraction of sp³-hybridized carbons (Fsp3) is 0.286. The maximum absolute atomic E-state index is 13.0. The van der Waals surface area contributed by atoms with Crippen LogP contribution in [-0.4, -0.2) is 27.8 Å². The van der Waals surface area contributed by atoms with E-state index in [1.807, 2.05) is 35.0 Å². The van der Waals surface area contributed by atoms with Crippen molar-refractivity contribution < 1.29 is 9.53 Å². The first-order valence-corrected chi connectivity index (χ1v) is 9.46. The molecule has 28 heavy (non-hydrogen) atoms. The maximum atomic E-state index is 13.0. The van der Waals surface area contributed by atoms with Crippen LogP contribution in [0.5, 0.6) is 5.75 Å². The van der Waals surface area contributed by atoms with Crippen LogP contribution in [0.15, 0.2) is 54.9 Å². The van der Waals surface area contributed by atoms with Crippen LogP contribution in [0.1, 0.15) is 42.1 Å². The standard InChI is InChI=1S/C21H23N5O2/c1-28-18-11-5-4-10-17(18)24-20-16(9-6-13-22-20)21(27)25-19-12-14-23-26(19)15-7-2-3-8-15/h4-6,9-15H,2-3,7-8H2,1H3,(H,22,24)(H,25,27). The van der Waals surface area contributed by atoms with Crippen molar-refractivity contribution in [3.05, 3.63) is 60.4 Å². The van der Waals surface area contributed by atoms with Gasteiger partial charge in [0.15, 0.2) is 0 Å². The molecule has 0 bridgehead atoms. The number of hydrogen-bond acceptors (Lipinski definition) is 5. The third-order valence-corrected chi connectivity index (χ3v) is 4.99. The zero-order chi connectivity index (χ0) is 19.3. The Kier molecular flexibility index (Phi) is 5.23. The van der Waals surface area contributed by atoms with E-state index < -0.39 is 0 Å². The fourth-order valence-electron chi connectivity index (χ4n) is 3.60. The molecular weight excluding hydrogens is 354 g/mol. The number of hydrogen-bond donors (Lipinski definition) is 2. The molecule has 1 saturated carbocycles. The normalized spacial score (nSPS) is 14.0. The van der Waals surface area contributed by atoms with Crippen molar-refractivity contribution in [3.63, 3.8) is 0 Å². The van der Waals surface area contributed by atoms with E-state index in [9.17, 15) is 4.79 Å². The third-order valence-electron chi connectivity index (χ3n) is 4.99. The molecule has 4 rings (SSSR count). The molecule has 144 valence electrons. The molecule has 7 heteroatoms. The molecule has 0 aliphatic heterocycles. The zero-order valence-electron chi connectivity index (χ0n) is 15.8. The van der Waals surface area contributed by atoms with Crippen LogP contribution in [0.2, 0.25) is 0 Å². The lowest BCUT2D eigenvalue weighted by atomic mass is 10.2. The van der Waals surface area contributed by atoms with Crippen LogP contribution < -0.4 is 15.4 Å². The number of benzene rings is 1. The average Bonchev–Trinajstić information content (AvgIpc) is 3.40. The summed E-state index contributed by atoms with van der Waals surface area (Å²) >= 11 is 0. The van der Waals surface area contributed by atoms with E-state index in [0.717, 1.165) is 18.5 Å². The van der Waals surface area contributed by atoms with Crippen molar-refractivity contribution in [2.45, 2.75) is 31.7 Å². The summed E-state index contributed by atoms with van der Waals surface area (Å²) in [4.78, 5) is 17.3. The monoisotopic (exact) mass is 377 g/mol. The minimum atomic E-state index is -0.231. The van der Waals surface area contributed by atoms with Gasteiger partial charge < -0.3 is 15.4 Å². The molecule has 1 amide bonds. The van der Waals surface area contributed by atoms with Gasteiger partial charge in [-0.2, -0.15) is 5.10 Å². The summed E-state index contributed by atoms with van der Waals surface area (Å²) < 4.78 is 7.30. The van der Waals surface area contributed by atoms with Crippen molar-refractivity contribution >= 4 is 23.2 Å². The first-order chi connectivity index (χ1) is 13.8. The molecule has 2 N–H and O–H groups in total. The van der Waals surface area contributed by atoms with Gasteiger partial charge in [0.1, 0.15) is 17.4 Å². The van der Waals surface area contributed by atoms with Gasteiger partial charge in [-0.3, -0.25) is 4.79 Å². The number of carbonyl (C=O) groups excluding carboxylic acids is 1. The second kappa shape index (κ2) is 8.12. The maximum Gasteiger partial charge on any atom is 0.260 e. The van der Waals surface area contributed by atoms with Crippen LogP contribution in [0, 0.1) is 0 Å². The minimum absolute atomic E-state index is 0.231. The number of carbonyl (C=O) groups is 1. The number of nitrogens with zero attached hydrogens (tertiary/aromatic N) is 3. The number of para-hydroxylation sites is 2. The number of amides is 1. The van der Waals surface area contributed by atoms with Gasteiger partial charge in [0, 0.05) is 12.3 Å². The van der Waals surface area contributed by atoms with E-state index >= 15 is 0 Å². The van der Waals surface area contributed by atoms with E-state index in [1.165, 1.54) is 12.8 Å². The molecule has 0 radical (unpaired) electrons. The molecule has 1 fully saturated rings. The first-order valence-electron chi connectivity index (χ1n) is 9.46. The van der Waals surface area contributed by atoms with Crippen LogP contribution in [0.3, 0.4) is 0 Å². The van der Waals surface area contributed by atoms with Gasteiger partial charge in [0.2, 0.25) is 0 Å². The van der Waals surface area contributed by atoms with E-state index in [4.69, 9.17) is 4.74 Å². The lowest BCUT2D eigenvalue weighted by molar-refractivity contribution is 0.102. The van der Waals surface area contributed by atoms with E-state index in [0.29, 0.717) is 29.0 Å². The van der Waals surface area contributed by atoms with Gasteiger partial charge in [-0.25, -0.2) is 9.67 Å². The number of pyridine rings is 1. The van der Waals surface area contributed by atoms with Gasteiger partial charge >= 0.3 is 0 Å². The Labute approximate surface area is 163 Å². The van der Waals surface area contributed by atoms with Crippen molar-refractivity contribution in [3.8, 4) is 5.75 Å². The van der Waals surface area contributed by atoms with Gasteiger partial charge in [0.25, 0.3) is 5.91 Å². The van der Waals surface area contributed by atoms with E-state index in [2.05, 4.69) is 20.7 Å². The van der Waals surface area contributed by atoms with Crippen LogP contribution in [0.25, 0.3) is 0 Å². The first kappa shape index (κ1) is 18.0. The molecule has 1 aromatic carbocycles. The summed E-state index contributed by atoms with van der Waals surface area (Å²) in [6.07, 6.45) is 7.97. The molecule has 2 heterocycles. The molecule has 1 aliphatic rings. The predicted octanol–water partition coefficient (Wildman–Crippen LogP) is 4.40. The van der Waals surface area contributed by atoms with Gasteiger partial charge in [-0.1, -0.05) is 25.0 Å². The molecule has 0 spiro atoms. The summed E-state index contributed by atoms with van der Waals surface area (Å²) in [7, 11) is 1.61. The number of anilines is 3. The average molecular weight is 377 g/mol. The van der Waals surface area contributed by atoms with Crippen LogP contribution in [0.4, 0.5) is 17.3 Å². The van der Waals surface area contributed by atoms with Crippen LogP contribution in [-0.2, 0) is 0 Å². The fourth-order valence-corrected chi connectivity index (χ4v) is 3.60. The second-order valence-corrected chi connectivity index (χ2v) is 6.78. The number of aromatic nitrogens is 3. The van der Waals surface area contributed by atoms with Crippen molar-refractivity contribution in [1.29, 1.82) is 0 Å².